The van der Waals surface area contributed by atoms with Gasteiger partial charge in [-0.1, -0.05) is 19.3 Å². The van der Waals surface area contributed by atoms with E-state index in [4.69, 9.17) is 21.1 Å². The van der Waals surface area contributed by atoms with Crippen molar-refractivity contribution >= 4 is 11.6 Å². The van der Waals surface area contributed by atoms with Crippen molar-refractivity contribution in [1.82, 2.24) is 0 Å². The number of hydrogen-bond acceptors (Lipinski definition) is 2. The van der Waals surface area contributed by atoms with Gasteiger partial charge in [-0.15, -0.1) is 11.6 Å². The SMILES string of the molecule is ClCC1COC2(CCC23CCCCC3)O1. The maximum Gasteiger partial charge on any atom is 0.174 e. The van der Waals surface area contributed by atoms with Crippen LogP contribution in [0.3, 0.4) is 0 Å². The summed E-state index contributed by atoms with van der Waals surface area (Å²) in [4.78, 5) is 0. The molecule has 3 aliphatic rings. The average Bonchev–Trinajstić information content (AvgIpc) is 2.75. The first kappa shape index (κ1) is 10.4. The van der Waals surface area contributed by atoms with Crippen LogP contribution in [0.25, 0.3) is 0 Å². The van der Waals surface area contributed by atoms with E-state index in [1.807, 2.05) is 0 Å². The Labute approximate surface area is 96.3 Å². The lowest BCUT2D eigenvalue weighted by molar-refractivity contribution is -0.312. The molecule has 1 saturated heterocycles. The first-order valence-electron chi connectivity index (χ1n) is 6.18. The van der Waals surface area contributed by atoms with Gasteiger partial charge in [-0.2, -0.15) is 0 Å². The van der Waals surface area contributed by atoms with Crippen LogP contribution in [0, 0.1) is 5.41 Å². The zero-order chi connectivity index (χ0) is 10.4. The number of fused-ring (bicyclic) bond motifs is 1. The van der Waals surface area contributed by atoms with E-state index in [9.17, 15) is 0 Å². The molecule has 3 heteroatoms. The third kappa shape index (κ3) is 1.38. The highest BCUT2D eigenvalue weighted by atomic mass is 35.5. The van der Waals surface area contributed by atoms with Crippen LogP contribution in [0.5, 0.6) is 0 Å². The third-order valence-corrected chi connectivity index (χ3v) is 4.93. The number of hydrogen-bond donors (Lipinski definition) is 0. The van der Waals surface area contributed by atoms with Crippen molar-refractivity contribution in [2.45, 2.75) is 56.8 Å². The Hall–Kier alpha value is 0.210. The summed E-state index contributed by atoms with van der Waals surface area (Å²) < 4.78 is 12.0. The minimum Gasteiger partial charge on any atom is -0.347 e. The van der Waals surface area contributed by atoms with Gasteiger partial charge in [0.15, 0.2) is 5.79 Å². The molecule has 0 aromatic heterocycles. The highest BCUT2D eigenvalue weighted by Gasteiger charge is 2.64. The maximum absolute atomic E-state index is 6.07. The molecule has 1 aliphatic heterocycles. The van der Waals surface area contributed by atoms with Crippen molar-refractivity contribution in [3.8, 4) is 0 Å². The molecule has 2 spiro atoms. The molecule has 0 amide bonds. The molecule has 0 bridgehead atoms. The number of halogens is 1. The summed E-state index contributed by atoms with van der Waals surface area (Å²) >= 11 is 5.84. The zero-order valence-electron chi connectivity index (χ0n) is 9.14. The van der Waals surface area contributed by atoms with E-state index in [1.165, 1.54) is 38.5 Å². The lowest BCUT2D eigenvalue weighted by Gasteiger charge is -2.57. The fourth-order valence-electron chi connectivity index (χ4n) is 3.59. The van der Waals surface area contributed by atoms with Crippen LogP contribution in [0.2, 0.25) is 0 Å². The number of ether oxygens (including phenoxy) is 2. The van der Waals surface area contributed by atoms with Crippen molar-refractivity contribution in [2.75, 3.05) is 12.5 Å². The second-order valence-electron chi connectivity index (χ2n) is 5.30. The van der Waals surface area contributed by atoms with Crippen molar-refractivity contribution in [2.24, 2.45) is 5.41 Å². The molecule has 3 fully saturated rings. The van der Waals surface area contributed by atoms with E-state index >= 15 is 0 Å². The van der Waals surface area contributed by atoms with Gasteiger partial charge in [0.05, 0.1) is 18.6 Å². The smallest absolute Gasteiger partial charge is 0.174 e. The standard InChI is InChI=1S/C12H19ClO2/c13-8-10-9-14-12(15-10)7-6-11(12)4-2-1-3-5-11/h10H,1-9H2. The third-order valence-electron chi connectivity index (χ3n) is 4.58. The summed E-state index contributed by atoms with van der Waals surface area (Å²) in [5.41, 5.74) is 0.353. The first-order chi connectivity index (χ1) is 7.30. The van der Waals surface area contributed by atoms with Crippen LogP contribution < -0.4 is 0 Å². The Balaban J connectivity index is 1.76. The van der Waals surface area contributed by atoms with Crippen molar-refractivity contribution in [3.63, 3.8) is 0 Å². The first-order valence-corrected chi connectivity index (χ1v) is 6.72. The molecule has 2 saturated carbocycles. The molecule has 15 heavy (non-hydrogen) atoms. The molecule has 1 heterocycles. The summed E-state index contributed by atoms with van der Waals surface area (Å²) in [5, 5.41) is 0. The second kappa shape index (κ2) is 3.61. The lowest BCUT2D eigenvalue weighted by atomic mass is 9.56. The van der Waals surface area contributed by atoms with Crippen molar-refractivity contribution < 1.29 is 9.47 Å². The number of alkyl halides is 1. The summed E-state index contributed by atoms with van der Waals surface area (Å²) in [7, 11) is 0. The van der Waals surface area contributed by atoms with Gasteiger partial charge < -0.3 is 9.47 Å². The van der Waals surface area contributed by atoms with Crippen LogP contribution in [0.4, 0.5) is 0 Å². The van der Waals surface area contributed by atoms with Gasteiger partial charge in [0.1, 0.15) is 0 Å². The van der Waals surface area contributed by atoms with Gasteiger partial charge in [-0.3, -0.25) is 0 Å². The van der Waals surface area contributed by atoms with Gasteiger partial charge in [0, 0.05) is 11.8 Å². The highest BCUT2D eigenvalue weighted by molar-refractivity contribution is 6.18. The van der Waals surface area contributed by atoms with Crippen LogP contribution in [-0.2, 0) is 9.47 Å². The summed E-state index contributed by atoms with van der Waals surface area (Å²) in [6.07, 6.45) is 9.18. The van der Waals surface area contributed by atoms with Gasteiger partial charge in [0.25, 0.3) is 0 Å². The Bertz CT molecular complexity index is 250. The van der Waals surface area contributed by atoms with Crippen LogP contribution in [0.1, 0.15) is 44.9 Å². The molecule has 2 aliphatic carbocycles. The Morgan fingerprint density at radius 1 is 1.07 bits per heavy atom. The molecule has 2 unspecified atom stereocenters. The minimum absolute atomic E-state index is 0.130. The van der Waals surface area contributed by atoms with Gasteiger partial charge >= 0.3 is 0 Å². The lowest BCUT2D eigenvalue weighted by Crippen LogP contribution is -2.59. The average molecular weight is 231 g/mol. The summed E-state index contributed by atoms with van der Waals surface area (Å²) in [6.45, 7) is 0.700. The van der Waals surface area contributed by atoms with E-state index in [0.29, 0.717) is 17.9 Å². The minimum atomic E-state index is -0.229. The molecule has 2 atom stereocenters. The summed E-state index contributed by atoms with van der Waals surface area (Å²) in [6, 6.07) is 0. The van der Waals surface area contributed by atoms with Crippen molar-refractivity contribution in [1.29, 1.82) is 0 Å². The molecule has 86 valence electrons. The van der Waals surface area contributed by atoms with Gasteiger partial charge in [0.2, 0.25) is 0 Å². The normalized spacial score (nSPS) is 43.4. The molecule has 0 radical (unpaired) electrons. The Morgan fingerprint density at radius 2 is 1.87 bits per heavy atom. The Kier molecular flexibility index (Phi) is 2.50. The fraction of sp³-hybridized carbons (Fsp3) is 1.00. The quantitative estimate of drug-likeness (QED) is 0.645. The molecular weight excluding hydrogens is 212 g/mol. The van der Waals surface area contributed by atoms with Gasteiger partial charge in [-0.05, 0) is 19.3 Å². The van der Waals surface area contributed by atoms with E-state index < -0.39 is 0 Å². The number of rotatable bonds is 1. The van der Waals surface area contributed by atoms with Crippen LogP contribution in [-0.4, -0.2) is 24.4 Å². The fourth-order valence-corrected chi connectivity index (χ4v) is 3.74. The predicted octanol–water partition coefficient (Wildman–Crippen LogP) is 3.08. The largest absolute Gasteiger partial charge is 0.347 e. The zero-order valence-corrected chi connectivity index (χ0v) is 9.89. The van der Waals surface area contributed by atoms with Crippen molar-refractivity contribution in [3.05, 3.63) is 0 Å². The molecule has 0 aromatic carbocycles. The van der Waals surface area contributed by atoms with Crippen LogP contribution in [0.15, 0.2) is 0 Å². The monoisotopic (exact) mass is 230 g/mol. The van der Waals surface area contributed by atoms with E-state index in [2.05, 4.69) is 0 Å². The molecule has 3 rings (SSSR count). The van der Waals surface area contributed by atoms with E-state index in [-0.39, 0.29) is 11.9 Å². The maximum atomic E-state index is 6.07. The molecule has 2 nitrogen and oxygen atoms in total. The van der Waals surface area contributed by atoms with E-state index in [0.717, 1.165) is 6.42 Å². The molecular formula is C12H19ClO2. The highest BCUT2D eigenvalue weighted by Crippen LogP contribution is 2.62. The topological polar surface area (TPSA) is 18.5 Å². The Morgan fingerprint density at radius 3 is 2.40 bits per heavy atom. The van der Waals surface area contributed by atoms with E-state index in [1.54, 1.807) is 0 Å². The van der Waals surface area contributed by atoms with Gasteiger partial charge in [-0.25, -0.2) is 0 Å². The second-order valence-corrected chi connectivity index (χ2v) is 5.61. The molecule has 0 N–H and O–H groups in total. The molecule has 0 aromatic rings. The predicted molar refractivity (Wildman–Crippen MR) is 59.0 cm³/mol. The summed E-state index contributed by atoms with van der Waals surface area (Å²) in [5.74, 6) is 0.338. The van der Waals surface area contributed by atoms with Crippen LogP contribution >= 0.6 is 11.6 Å².